The second-order valence-electron chi connectivity index (χ2n) is 16.6. The Labute approximate surface area is 364 Å². The van der Waals surface area contributed by atoms with E-state index in [4.69, 9.17) is 56.5 Å². The average molecular weight is 869 g/mol. The normalized spacial score (nSPS) is 12.3. The van der Waals surface area contributed by atoms with Crippen LogP contribution < -0.4 is 0 Å². The molecule has 0 fully saturated rings. The highest BCUT2D eigenvalue weighted by molar-refractivity contribution is 6.74. The fourth-order valence-corrected chi connectivity index (χ4v) is 6.65. The van der Waals surface area contributed by atoms with Crippen molar-refractivity contribution in [1.29, 1.82) is 0 Å². The van der Waals surface area contributed by atoms with Crippen LogP contribution >= 0.6 is 0 Å². The van der Waals surface area contributed by atoms with Gasteiger partial charge in [0.25, 0.3) is 0 Å². The molecular formula is C46H96O12Si. The molecule has 12 nitrogen and oxygen atoms in total. The van der Waals surface area contributed by atoms with E-state index in [2.05, 4.69) is 40.8 Å². The van der Waals surface area contributed by atoms with Gasteiger partial charge in [-0.3, -0.25) is 0 Å². The van der Waals surface area contributed by atoms with Gasteiger partial charge in [-0.2, -0.15) is 0 Å². The van der Waals surface area contributed by atoms with Crippen LogP contribution in [0.2, 0.25) is 18.1 Å². The van der Waals surface area contributed by atoms with Gasteiger partial charge in [-0.25, -0.2) is 0 Å². The van der Waals surface area contributed by atoms with Gasteiger partial charge in [0, 0.05) is 6.61 Å². The second-order valence-corrected chi connectivity index (χ2v) is 21.5. The van der Waals surface area contributed by atoms with Gasteiger partial charge in [0.1, 0.15) is 0 Å². The Morgan fingerprint density at radius 3 is 0.661 bits per heavy atom. The van der Waals surface area contributed by atoms with E-state index in [-0.39, 0.29) is 5.04 Å². The van der Waals surface area contributed by atoms with Crippen molar-refractivity contribution in [1.82, 2.24) is 0 Å². The highest BCUT2D eigenvalue weighted by atomic mass is 28.4. The van der Waals surface area contributed by atoms with Crippen LogP contribution in [0.15, 0.2) is 0 Å². The fraction of sp³-hybridized carbons (Fsp3) is 1.00. The molecule has 0 spiro atoms. The summed E-state index contributed by atoms with van der Waals surface area (Å²) >= 11 is 0. The van der Waals surface area contributed by atoms with Crippen molar-refractivity contribution in [2.45, 2.75) is 149 Å². The van der Waals surface area contributed by atoms with Crippen LogP contribution in [-0.4, -0.2) is 160 Å². The third-order valence-corrected chi connectivity index (χ3v) is 14.9. The summed E-state index contributed by atoms with van der Waals surface area (Å²) in [5, 5.41) is 0.218. The van der Waals surface area contributed by atoms with Gasteiger partial charge in [-0.15, -0.1) is 0 Å². The molecule has 0 aliphatic carbocycles. The van der Waals surface area contributed by atoms with Crippen molar-refractivity contribution in [3.05, 3.63) is 0 Å². The Bertz CT molecular complexity index is 790. The Hall–Kier alpha value is -0.263. The van der Waals surface area contributed by atoms with Crippen molar-refractivity contribution in [2.75, 3.05) is 152 Å². The third kappa shape index (κ3) is 47.1. The number of hydrogen-bond acceptors (Lipinski definition) is 12. The number of unbranched alkanes of at least 4 members (excludes halogenated alkanes) is 15. The lowest BCUT2D eigenvalue weighted by atomic mass is 10.0. The van der Waals surface area contributed by atoms with Crippen LogP contribution in [0.25, 0.3) is 0 Å². The summed E-state index contributed by atoms with van der Waals surface area (Å²) < 4.78 is 67.3. The van der Waals surface area contributed by atoms with E-state index in [9.17, 15) is 0 Å². The molecule has 0 amide bonds. The third-order valence-electron chi connectivity index (χ3n) is 10.4. The summed E-state index contributed by atoms with van der Waals surface area (Å²) in [4.78, 5) is 0. The minimum atomic E-state index is -1.70. The summed E-state index contributed by atoms with van der Waals surface area (Å²) in [5.41, 5.74) is 0. The maximum Gasteiger partial charge on any atom is 0.192 e. The molecule has 0 aliphatic rings. The van der Waals surface area contributed by atoms with Crippen molar-refractivity contribution >= 4 is 8.32 Å². The molecule has 0 aromatic carbocycles. The molecule has 0 radical (unpaired) electrons. The molecule has 0 aromatic rings. The van der Waals surface area contributed by atoms with Gasteiger partial charge in [0.05, 0.1) is 145 Å². The summed E-state index contributed by atoms with van der Waals surface area (Å²) in [6, 6.07) is 0. The fourth-order valence-electron chi connectivity index (χ4n) is 5.63. The summed E-state index contributed by atoms with van der Waals surface area (Å²) in [7, 11) is -1.70. The van der Waals surface area contributed by atoms with E-state index in [1.807, 2.05) is 0 Å². The van der Waals surface area contributed by atoms with Crippen LogP contribution in [0, 0.1) is 0 Å². The number of rotatable bonds is 51. The van der Waals surface area contributed by atoms with Gasteiger partial charge < -0.3 is 56.5 Å². The predicted octanol–water partition coefficient (Wildman–Crippen LogP) is 9.45. The molecule has 59 heavy (non-hydrogen) atoms. The van der Waals surface area contributed by atoms with E-state index in [0.29, 0.717) is 145 Å². The Morgan fingerprint density at radius 2 is 0.441 bits per heavy atom. The molecule has 0 rings (SSSR count). The average Bonchev–Trinajstić information content (AvgIpc) is 3.21. The second kappa shape index (κ2) is 47.2. The SMILES string of the molecule is CCCCCCCCCCCCCCCCCCOCCOCCOCCOCCOCCOCCOCCOCCOCCOCCOCCO[Si](C)(C)C(C)(C)C. The lowest BCUT2D eigenvalue weighted by Crippen LogP contribution is -2.41. The standard InChI is InChI=1S/C46H96O12Si/c1-7-8-9-10-11-12-13-14-15-16-17-18-19-20-21-22-23-47-24-25-48-26-27-49-28-29-50-30-31-51-32-33-52-34-35-53-36-37-54-38-39-55-40-41-56-42-43-57-44-45-58-59(5,6)46(2,3)4/h7-45H2,1-6H3. The van der Waals surface area contributed by atoms with E-state index in [1.165, 1.54) is 96.3 Å². The zero-order valence-electron chi connectivity index (χ0n) is 39.5. The number of hydrogen-bond donors (Lipinski definition) is 0. The van der Waals surface area contributed by atoms with Gasteiger partial charge in [-0.1, -0.05) is 124 Å². The Kier molecular flexibility index (Phi) is 47.0. The lowest BCUT2D eigenvalue weighted by molar-refractivity contribution is -0.0278. The van der Waals surface area contributed by atoms with Crippen molar-refractivity contribution in [3.8, 4) is 0 Å². The molecule has 0 saturated carbocycles. The first-order chi connectivity index (χ1) is 28.8. The van der Waals surface area contributed by atoms with E-state index in [1.54, 1.807) is 0 Å². The monoisotopic (exact) mass is 869 g/mol. The largest absolute Gasteiger partial charge is 0.414 e. The molecule has 0 bridgehead atoms. The predicted molar refractivity (Wildman–Crippen MR) is 242 cm³/mol. The van der Waals surface area contributed by atoms with Crippen LogP contribution in [0.4, 0.5) is 0 Å². The Balaban J connectivity index is 3.10. The maximum atomic E-state index is 6.09. The topological polar surface area (TPSA) is 111 Å². The summed E-state index contributed by atoms with van der Waals surface area (Å²) in [6.45, 7) is 26.5. The first-order valence-electron chi connectivity index (χ1n) is 23.8. The van der Waals surface area contributed by atoms with Crippen LogP contribution in [-0.2, 0) is 56.5 Å². The Morgan fingerprint density at radius 1 is 0.254 bits per heavy atom. The molecule has 0 heterocycles. The molecule has 356 valence electrons. The summed E-state index contributed by atoms with van der Waals surface area (Å²) in [5.74, 6) is 0. The number of ether oxygens (including phenoxy) is 11. The summed E-state index contributed by atoms with van der Waals surface area (Å²) in [6.07, 6.45) is 22.2. The smallest absolute Gasteiger partial charge is 0.192 e. The molecule has 0 aliphatic heterocycles. The first-order valence-corrected chi connectivity index (χ1v) is 26.7. The zero-order valence-corrected chi connectivity index (χ0v) is 40.5. The molecule has 0 aromatic heterocycles. The van der Waals surface area contributed by atoms with Crippen LogP contribution in [0.3, 0.4) is 0 Å². The van der Waals surface area contributed by atoms with Crippen molar-refractivity contribution in [2.24, 2.45) is 0 Å². The van der Waals surface area contributed by atoms with Gasteiger partial charge in [-0.05, 0) is 24.6 Å². The molecule has 0 saturated heterocycles. The minimum absolute atomic E-state index is 0.218. The van der Waals surface area contributed by atoms with Crippen molar-refractivity contribution < 1.29 is 56.5 Å². The molecule has 13 heteroatoms. The van der Waals surface area contributed by atoms with E-state index in [0.717, 1.165) is 13.0 Å². The zero-order chi connectivity index (χ0) is 43.1. The quantitative estimate of drug-likeness (QED) is 0.0429. The lowest BCUT2D eigenvalue weighted by Gasteiger charge is -2.36. The highest BCUT2D eigenvalue weighted by Gasteiger charge is 2.36. The minimum Gasteiger partial charge on any atom is -0.414 e. The van der Waals surface area contributed by atoms with E-state index >= 15 is 0 Å². The van der Waals surface area contributed by atoms with Crippen LogP contribution in [0.1, 0.15) is 130 Å². The van der Waals surface area contributed by atoms with E-state index < -0.39 is 8.32 Å². The molecule has 0 unspecified atom stereocenters. The van der Waals surface area contributed by atoms with Gasteiger partial charge in [0.15, 0.2) is 8.32 Å². The molecule has 0 N–H and O–H groups in total. The van der Waals surface area contributed by atoms with Crippen molar-refractivity contribution in [3.63, 3.8) is 0 Å². The van der Waals surface area contributed by atoms with Gasteiger partial charge >= 0.3 is 0 Å². The highest BCUT2D eigenvalue weighted by Crippen LogP contribution is 2.36. The van der Waals surface area contributed by atoms with Crippen LogP contribution in [0.5, 0.6) is 0 Å². The molecular weight excluding hydrogens is 773 g/mol. The molecule has 0 atom stereocenters. The maximum absolute atomic E-state index is 6.09. The first kappa shape index (κ1) is 58.7. The van der Waals surface area contributed by atoms with Gasteiger partial charge in [0.2, 0.25) is 0 Å².